The molecule has 13 heteroatoms. The zero-order valence-electron chi connectivity index (χ0n) is 41.3. The highest BCUT2D eigenvalue weighted by Crippen LogP contribution is 2.30. The molecule has 8 atom stereocenters. The fraction of sp³-hybridized carbons (Fsp3) is 0.483. The van der Waals surface area contributed by atoms with Crippen LogP contribution in [0.4, 0.5) is 0 Å². The minimum Gasteiger partial charge on any atom is -0.390 e. The Morgan fingerprint density at radius 1 is 0.685 bits per heavy atom. The Bertz CT molecular complexity index is 2740. The molecule has 0 aromatic rings. The van der Waals surface area contributed by atoms with Crippen LogP contribution in [-0.4, -0.2) is 116 Å². The fourth-order valence-electron chi connectivity index (χ4n) is 6.70. The Hall–Kier alpha value is -7.30. The summed E-state index contributed by atoms with van der Waals surface area (Å²) < 4.78 is 11.6. The lowest BCUT2D eigenvalue weighted by Crippen LogP contribution is -2.60. The molecule has 12 nitrogen and oxygen atoms in total. The molecular formula is C60H60N2O10S. The number of aliphatic hydroxyl groups is 5. The summed E-state index contributed by atoms with van der Waals surface area (Å²) in [6.45, 7) is 3.54. The second-order valence-corrected chi connectivity index (χ2v) is 17.1. The van der Waals surface area contributed by atoms with Crippen molar-refractivity contribution in [1.29, 1.82) is 0 Å². The standard InChI is InChI=1S/C60H60N2O10S/c1-4-7-10-13-15-17-19-21-22-23-24-25-26-27-28-29-30-31-33-35-37-39-41-44-53(64)61-49(55(66)50(63)43-40-38-36-34-32-20-18-16-14-11-8-5-2)47-71-60-58(69)57(68)56(67)51(72-60)48-73-52-46-54(65)62(59(52)70)45-42-12-9-6-3/h3,46,49-51,55-58,60,63,66-69H,5,8-9,11-12,14,16,18,20,32,34,36,38,40,42-43,45,47-48H2,1-2H3,(H,61,64)/t49-,50+,51?,55-,56-,57-,58?,60-/m0/s1. The van der Waals surface area contributed by atoms with Crippen molar-refractivity contribution in [3.8, 4) is 154 Å². The molecular weight excluding hydrogens is 941 g/mol. The van der Waals surface area contributed by atoms with Gasteiger partial charge in [0.15, 0.2) is 6.29 Å². The first-order chi connectivity index (χ1) is 35.5. The van der Waals surface area contributed by atoms with Crippen LogP contribution in [0.5, 0.6) is 0 Å². The van der Waals surface area contributed by atoms with E-state index in [9.17, 15) is 39.9 Å². The number of unbranched alkanes of at least 4 members (excludes halogenated alkanes) is 13. The number of ether oxygens (including phenoxy) is 2. The third kappa shape index (κ3) is 27.8. The lowest BCUT2D eigenvalue weighted by atomic mass is 9.98. The van der Waals surface area contributed by atoms with Crippen molar-refractivity contribution in [2.45, 2.75) is 166 Å². The second kappa shape index (κ2) is 40.3. The van der Waals surface area contributed by atoms with Crippen LogP contribution in [-0.2, 0) is 23.9 Å². The first-order valence-electron chi connectivity index (χ1n) is 24.1. The Labute approximate surface area is 437 Å². The van der Waals surface area contributed by atoms with Crippen LogP contribution in [0.15, 0.2) is 11.0 Å². The number of nitrogens with zero attached hydrogens (tertiary/aromatic N) is 1. The Morgan fingerprint density at radius 3 is 1.66 bits per heavy atom. The quantitative estimate of drug-likeness (QED) is 0.0426. The largest absolute Gasteiger partial charge is 0.390 e. The van der Waals surface area contributed by atoms with Crippen LogP contribution in [0.3, 0.4) is 0 Å². The summed E-state index contributed by atoms with van der Waals surface area (Å²) in [5.41, 5.74) is 0. The number of nitrogens with one attached hydrogen (secondary N) is 1. The van der Waals surface area contributed by atoms with Gasteiger partial charge in [-0.1, -0.05) is 89.9 Å². The van der Waals surface area contributed by atoms with Gasteiger partial charge in [-0.25, -0.2) is 0 Å². The molecule has 376 valence electrons. The fourth-order valence-corrected chi connectivity index (χ4v) is 7.74. The van der Waals surface area contributed by atoms with Crippen molar-refractivity contribution in [3.05, 3.63) is 11.0 Å². The topological polar surface area (TPSA) is 186 Å². The molecule has 3 amide bonds. The highest BCUT2D eigenvalue weighted by Gasteiger charge is 2.45. The van der Waals surface area contributed by atoms with Crippen LogP contribution in [0.25, 0.3) is 0 Å². The molecule has 0 aliphatic carbocycles. The average molecular weight is 1000 g/mol. The van der Waals surface area contributed by atoms with E-state index in [1.54, 1.807) is 6.92 Å². The Morgan fingerprint density at radius 2 is 1.16 bits per heavy atom. The van der Waals surface area contributed by atoms with Crippen molar-refractivity contribution in [2.24, 2.45) is 0 Å². The normalized spacial score (nSPS) is 17.7. The monoisotopic (exact) mass is 1000 g/mol. The van der Waals surface area contributed by atoms with Gasteiger partial charge in [-0.3, -0.25) is 19.3 Å². The number of hydrogen-bond donors (Lipinski definition) is 6. The third-order valence-corrected chi connectivity index (χ3v) is 11.6. The number of aliphatic hydroxyl groups excluding tert-OH is 5. The first-order valence-corrected chi connectivity index (χ1v) is 25.1. The maximum Gasteiger partial charge on any atom is 0.297 e. The van der Waals surface area contributed by atoms with E-state index >= 15 is 0 Å². The molecule has 2 heterocycles. The summed E-state index contributed by atoms with van der Waals surface area (Å²) in [7, 11) is 0. The van der Waals surface area contributed by atoms with Crippen LogP contribution in [0, 0.1) is 154 Å². The minimum atomic E-state index is -1.77. The van der Waals surface area contributed by atoms with Crippen molar-refractivity contribution in [3.63, 3.8) is 0 Å². The molecule has 6 N–H and O–H groups in total. The van der Waals surface area contributed by atoms with E-state index in [2.05, 4.69) is 160 Å². The SMILES string of the molecule is C#CCCCCN1C(=O)C=C(SCC2O[C@H](OC[C@H](NC(=O)C#CC#CC#CC#CC#CC#CC#CC#CC#CC#CC#CC#CC)[C@H](O)[C@H](O)CCCCCCCCCCCCCC)C(O)[C@@H](O)[C@H]2O)C1=O. The van der Waals surface area contributed by atoms with E-state index < -0.39 is 73.3 Å². The van der Waals surface area contributed by atoms with Crippen LogP contribution in [0.2, 0.25) is 0 Å². The number of carbonyl (C=O) groups excluding carboxylic acids is 3. The molecule has 1 fully saturated rings. The minimum absolute atomic E-state index is 0.112. The second-order valence-electron chi connectivity index (χ2n) is 16.1. The van der Waals surface area contributed by atoms with Gasteiger partial charge in [0.05, 0.1) is 29.8 Å². The van der Waals surface area contributed by atoms with E-state index in [-0.39, 0.29) is 23.6 Å². The molecule has 2 unspecified atom stereocenters. The van der Waals surface area contributed by atoms with Gasteiger partial charge in [-0.2, -0.15) is 0 Å². The van der Waals surface area contributed by atoms with Crippen molar-refractivity contribution >= 4 is 29.5 Å². The molecule has 0 spiro atoms. The van der Waals surface area contributed by atoms with Crippen molar-refractivity contribution in [2.75, 3.05) is 18.9 Å². The molecule has 2 aliphatic heterocycles. The number of amides is 3. The van der Waals surface area contributed by atoms with Gasteiger partial charge in [0, 0.05) is 66.2 Å². The van der Waals surface area contributed by atoms with Gasteiger partial charge in [0.1, 0.15) is 24.4 Å². The van der Waals surface area contributed by atoms with Gasteiger partial charge in [0.2, 0.25) is 0 Å². The molecule has 73 heavy (non-hydrogen) atoms. The van der Waals surface area contributed by atoms with E-state index in [4.69, 9.17) is 15.9 Å². The summed E-state index contributed by atoms with van der Waals surface area (Å²) in [5.74, 6) is 60.0. The van der Waals surface area contributed by atoms with E-state index in [0.717, 1.165) is 42.3 Å². The molecule has 0 bridgehead atoms. The average Bonchev–Trinajstić information content (AvgIpc) is 3.66. The van der Waals surface area contributed by atoms with E-state index in [1.807, 2.05) is 0 Å². The lowest BCUT2D eigenvalue weighted by molar-refractivity contribution is -0.294. The van der Waals surface area contributed by atoms with Gasteiger partial charge < -0.3 is 40.3 Å². The molecule has 2 aliphatic rings. The van der Waals surface area contributed by atoms with Crippen molar-refractivity contribution < 1.29 is 49.4 Å². The predicted molar refractivity (Wildman–Crippen MR) is 281 cm³/mol. The van der Waals surface area contributed by atoms with E-state index in [0.29, 0.717) is 25.7 Å². The molecule has 0 saturated carbocycles. The zero-order valence-corrected chi connectivity index (χ0v) is 42.2. The number of rotatable bonds is 26. The van der Waals surface area contributed by atoms with Gasteiger partial charge in [-0.15, -0.1) is 24.1 Å². The number of terminal acetylenes is 1. The van der Waals surface area contributed by atoms with E-state index in [1.165, 1.54) is 51.0 Å². The smallest absolute Gasteiger partial charge is 0.297 e. The van der Waals surface area contributed by atoms with Gasteiger partial charge in [0.25, 0.3) is 17.7 Å². The molecule has 0 radical (unpaired) electrons. The Kier molecular flexibility index (Phi) is 34.1. The van der Waals surface area contributed by atoms with Crippen LogP contribution >= 0.6 is 11.8 Å². The van der Waals surface area contributed by atoms with Crippen LogP contribution < -0.4 is 5.32 Å². The van der Waals surface area contributed by atoms with Gasteiger partial charge >= 0.3 is 0 Å². The highest BCUT2D eigenvalue weighted by atomic mass is 32.2. The first kappa shape index (κ1) is 61.8. The summed E-state index contributed by atoms with van der Waals surface area (Å²) in [6, 6.07) is -1.29. The molecule has 1 saturated heterocycles. The number of hydrogen-bond acceptors (Lipinski definition) is 11. The highest BCUT2D eigenvalue weighted by molar-refractivity contribution is 8.04. The Balaban J connectivity index is 2.05. The maximum atomic E-state index is 13.0. The third-order valence-electron chi connectivity index (χ3n) is 10.5. The number of thioether (sulfide) groups is 1. The lowest BCUT2D eigenvalue weighted by Gasteiger charge is -2.41. The maximum absolute atomic E-state index is 13.0. The number of carbonyl (C=O) groups is 3. The molecule has 0 aromatic carbocycles. The predicted octanol–water partition coefficient (Wildman–Crippen LogP) is 2.96. The summed E-state index contributed by atoms with van der Waals surface area (Å²) in [5, 5.41) is 57.2. The van der Waals surface area contributed by atoms with Gasteiger partial charge in [-0.05, 0) is 121 Å². The summed E-state index contributed by atoms with van der Waals surface area (Å²) >= 11 is 0.930. The molecule has 2 rings (SSSR count). The van der Waals surface area contributed by atoms with Crippen molar-refractivity contribution in [1.82, 2.24) is 10.2 Å². The zero-order chi connectivity index (χ0) is 53.2. The number of imide groups is 1. The summed E-state index contributed by atoms with van der Waals surface area (Å²) in [4.78, 5) is 39.6. The summed E-state index contributed by atoms with van der Waals surface area (Å²) in [6.07, 6.45) is 11.1. The molecule has 0 aromatic heterocycles. The van der Waals surface area contributed by atoms with Crippen LogP contribution in [0.1, 0.15) is 117 Å².